The van der Waals surface area contributed by atoms with Crippen LogP contribution in [0.5, 0.6) is 0 Å². The van der Waals surface area contributed by atoms with E-state index >= 15 is 0 Å². The minimum atomic E-state index is 0.351. The summed E-state index contributed by atoms with van der Waals surface area (Å²) in [5.41, 5.74) is 7.25. The van der Waals surface area contributed by atoms with Gasteiger partial charge in [0.1, 0.15) is 0 Å². The topological polar surface area (TPSA) is 72.9 Å². The molecule has 2 N–H and O–H groups in total. The Morgan fingerprint density at radius 3 is 2.38 bits per heavy atom. The zero-order valence-electron chi connectivity index (χ0n) is 12.0. The molecule has 3 heterocycles. The largest absolute Gasteiger partial charge is 0.367 e. The summed E-state index contributed by atoms with van der Waals surface area (Å²) in [5.74, 6) is 0.441. The van der Waals surface area contributed by atoms with Crippen molar-refractivity contribution in [2.45, 2.75) is 50.4 Å². The number of nitrogens with two attached hydrogens (primary N) is 1. The lowest BCUT2D eigenvalue weighted by Gasteiger charge is -2.38. The summed E-state index contributed by atoms with van der Waals surface area (Å²) < 4.78 is 1.81. The molecule has 110 valence electrons. The highest BCUT2D eigenvalue weighted by atomic mass is 15.6. The summed E-state index contributed by atoms with van der Waals surface area (Å²) in [6.45, 7) is 1.05. The molecule has 2 aliphatic heterocycles. The molecular weight excluding hydrogens is 264 g/mol. The maximum absolute atomic E-state index is 5.85. The van der Waals surface area contributed by atoms with E-state index in [1.54, 1.807) is 0 Å². The van der Waals surface area contributed by atoms with E-state index in [-0.39, 0.29) is 0 Å². The Labute approximate surface area is 123 Å². The Morgan fingerprint density at radius 1 is 1.05 bits per heavy atom. The van der Waals surface area contributed by atoms with Crippen molar-refractivity contribution in [2.24, 2.45) is 0 Å². The summed E-state index contributed by atoms with van der Waals surface area (Å²) in [4.78, 5) is 2.66. The predicted octanol–water partition coefficient (Wildman–Crippen LogP) is 1.62. The normalized spacial score (nSPS) is 28.9. The molecule has 21 heavy (non-hydrogen) atoms. The number of rotatable bonds is 3. The average Bonchev–Trinajstić information content (AvgIpc) is 3.01. The van der Waals surface area contributed by atoms with Gasteiger partial charge in [-0.3, -0.25) is 4.90 Å². The molecule has 2 unspecified atom stereocenters. The molecule has 0 radical (unpaired) electrons. The number of tetrazole rings is 1. The zero-order chi connectivity index (χ0) is 14.2. The zero-order valence-corrected chi connectivity index (χ0v) is 12.0. The van der Waals surface area contributed by atoms with Crippen molar-refractivity contribution in [3.8, 4) is 0 Å². The summed E-state index contributed by atoms with van der Waals surface area (Å²) in [6, 6.07) is 12.3. The maximum Gasteiger partial charge on any atom is 0.240 e. The van der Waals surface area contributed by atoms with Crippen molar-refractivity contribution >= 4 is 5.95 Å². The first-order valence-electron chi connectivity index (χ1n) is 7.64. The molecule has 0 amide bonds. The second-order valence-electron chi connectivity index (χ2n) is 6.15. The fourth-order valence-electron chi connectivity index (χ4n) is 3.96. The van der Waals surface area contributed by atoms with E-state index in [4.69, 9.17) is 5.73 Å². The Bertz CT molecular complexity index is 596. The molecule has 2 bridgehead atoms. The molecule has 2 aromatic rings. The SMILES string of the molecule is Nc1nnnn1C1CC2CCC(C1)N2Cc1ccccc1. The molecule has 2 saturated heterocycles. The molecule has 2 fully saturated rings. The van der Waals surface area contributed by atoms with Crippen LogP contribution >= 0.6 is 0 Å². The third-order valence-electron chi connectivity index (χ3n) is 4.93. The van der Waals surface area contributed by atoms with Crippen molar-refractivity contribution in [1.82, 2.24) is 25.1 Å². The lowest BCUT2D eigenvalue weighted by molar-refractivity contribution is 0.0952. The lowest BCUT2D eigenvalue weighted by Crippen LogP contribution is -2.43. The number of hydrogen-bond donors (Lipinski definition) is 1. The van der Waals surface area contributed by atoms with Crippen LogP contribution in [0, 0.1) is 0 Å². The number of hydrogen-bond acceptors (Lipinski definition) is 5. The Balaban J connectivity index is 1.50. The van der Waals surface area contributed by atoms with Crippen LogP contribution in [-0.4, -0.2) is 37.2 Å². The van der Waals surface area contributed by atoms with Gasteiger partial charge in [0.05, 0.1) is 6.04 Å². The number of fused-ring (bicyclic) bond motifs is 2. The highest BCUT2D eigenvalue weighted by Crippen LogP contribution is 2.41. The lowest BCUT2D eigenvalue weighted by atomic mass is 9.96. The van der Waals surface area contributed by atoms with E-state index < -0.39 is 0 Å². The number of aromatic nitrogens is 4. The Morgan fingerprint density at radius 2 is 1.76 bits per heavy atom. The summed E-state index contributed by atoms with van der Waals surface area (Å²) in [7, 11) is 0. The monoisotopic (exact) mass is 284 g/mol. The van der Waals surface area contributed by atoms with Gasteiger partial charge in [0, 0.05) is 18.6 Å². The molecule has 2 aliphatic rings. The first-order chi connectivity index (χ1) is 10.3. The van der Waals surface area contributed by atoms with Gasteiger partial charge in [-0.05, 0) is 41.7 Å². The summed E-state index contributed by atoms with van der Waals surface area (Å²) >= 11 is 0. The maximum atomic E-state index is 5.85. The van der Waals surface area contributed by atoms with Crippen LogP contribution in [0.25, 0.3) is 0 Å². The van der Waals surface area contributed by atoms with Crippen molar-refractivity contribution in [1.29, 1.82) is 0 Å². The van der Waals surface area contributed by atoms with E-state index in [0.717, 1.165) is 19.4 Å². The van der Waals surface area contributed by atoms with Crippen LogP contribution in [0.4, 0.5) is 5.95 Å². The van der Waals surface area contributed by atoms with E-state index in [0.29, 0.717) is 24.1 Å². The summed E-state index contributed by atoms with van der Waals surface area (Å²) in [5, 5.41) is 11.6. The Hall–Kier alpha value is -1.95. The van der Waals surface area contributed by atoms with Crippen LogP contribution < -0.4 is 5.73 Å². The van der Waals surface area contributed by atoms with Gasteiger partial charge in [-0.15, -0.1) is 0 Å². The number of nitrogen functional groups attached to an aromatic ring is 1. The minimum absolute atomic E-state index is 0.351. The smallest absolute Gasteiger partial charge is 0.240 e. The van der Waals surface area contributed by atoms with Gasteiger partial charge in [-0.25, -0.2) is 4.68 Å². The van der Waals surface area contributed by atoms with Crippen molar-refractivity contribution in [2.75, 3.05) is 5.73 Å². The van der Waals surface area contributed by atoms with Crippen LogP contribution in [0.15, 0.2) is 30.3 Å². The van der Waals surface area contributed by atoms with Crippen molar-refractivity contribution < 1.29 is 0 Å². The third-order valence-corrected chi connectivity index (χ3v) is 4.93. The fraction of sp³-hybridized carbons (Fsp3) is 0.533. The number of piperidine rings is 1. The molecule has 6 heteroatoms. The number of nitrogens with zero attached hydrogens (tertiary/aromatic N) is 5. The first kappa shape index (κ1) is 12.8. The molecule has 0 saturated carbocycles. The van der Waals surface area contributed by atoms with Gasteiger partial charge in [0.15, 0.2) is 0 Å². The highest BCUT2D eigenvalue weighted by molar-refractivity contribution is 5.16. The second-order valence-corrected chi connectivity index (χ2v) is 6.15. The van der Waals surface area contributed by atoms with Gasteiger partial charge in [-0.1, -0.05) is 35.4 Å². The summed E-state index contributed by atoms with van der Waals surface area (Å²) in [6.07, 6.45) is 4.74. The molecular formula is C15H20N6. The quantitative estimate of drug-likeness (QED) is 0.927. The van der Waals surface area contributed by atoms with Crippen LogP contribution in [0.1, 0.15) is 37.3 Å². The molecule has 1 aromatic carbocycles. The third kappa shape index (κ3) is 2.29. The standard InChI is InChI=1S/C15H20N6/c16-15-17-18-19-21(15)14-8-12-6-7-13(9-14)20(12)10-11-4-2-1-3-5-11/h1-5,12-14H,6-10H2,(H2,16,17,19). The molecule has 1 aromatic heterocycles. The molecule has 2 atom stereocenters. The number of benzene rings is 1. The van der Waals surface area contributed by atoms with Gasteiger partial charge in [0.2, 0.25) is 5.95 Å². The molecule has 0 aliphatic carbocycles. The van der Waals surface area contributed by atoms with E-state index in [1.165, 1.54) is 18.4 Å². The van der Waals surface area contributed by atoms with E-state index in [2.05, 4.69) is 50.8 Å². The molecule has 6 nitrogen and oxygen atoms in total. The molecule has 0 spiro atoms. The van der Waals surface area contributed by atoms with Gasteiger partial charge < -0.3 is 5.73 Å². The molecule has 4 rings (SSSR count). The van der Waals surface area contributed by atoms with E-state index in [1.807, 2.05) is 4.68 Å². The van der Waals surface area contributed by atoms with Gasteiger partial charge in [0.25, 0.3) is 0 Å². The second kappa shape index (κ2) is 5.11. The van der Waals surface area contributed by atoms with E-state index in [9.17, 15) is 0 Å². The van der Waals surface area contributed by atoms with Crippen molar-refractivity contribution in [3.05, 3.63) is 35.9 Å². The van der Waals surface area contributed by atoms with Crippen LogP contribution in [-0.2, 0) is 6.54 Å². The predicted molar refractivity (Wildman–Crippen MR) is 79.3 cm³/mol. The van der Waals surface area contributed by atoms with Crippen molar-refractivity contribution in [3.63, 3.8) is 0 Å². The first-order valence-corrected chi connectivity index (χ1v) is 7.64. The van der Waals surface area contributed by atoms with Crippen LogP contribution in [0.3, 0.4) is 0 Å². The average molecular weight is 284 g/mol. The minimum Gasteiger partial charge on any atom is -0.367 e. The number of anilines is 1. The highest BCUT2D eigenvalue weighted by Gasteiger charge is 2.41. The van der Waals surface area contributed by atoms with Gasteiger partial charge >= 0.3 is 0 Å². The van der Waals surface area contributed by atoms with Crippen LogP contribution in [0.2, 0.25) is 0 Å². The fourth-order valence-corrected chi connectivity index (χ4v) is 3.96. The van der Waals surface area contributed by atoms with Gasteiger partial charge in [-0.2, -0.15) is 0 Å². The Kier molecular flexibility index (Phi) is 3.11.